The Balaban J connectivity index is 2.34. The lowest BCUT2D eigenvalue weighted by Gasteiger charge is -2.07. The summed E-state index contributed by atoms with van der Waals surface area (Å²) in [6.07, 6.45) is 0. The first-order chi connectivity index (χ1) is 8.63. The van der Waals surface area contributed by atoms with Gasteiger partial charge in [0.1, 0.15) is 0 Å². The van der Waals surface area contributed by atoms with E-state index < -0.39 is 5.91 Å². The minimum Gasteiger partial charge on any atom is -0.383 e. The predicted octanol–water partition coefficient (Wildman–Crippen LogP) is -0.0400. The molecule has 0 saturated carbocycles. The molecule has 0 aliphatic carbocycles. The lowest BCUT2D eigenvalue weighted by molar-refractivity contribution is -0.119. The Bertz CT molecular complexity index is 404. The van der Waals surface area contributed by atoms with Gasteiger partial charge in [0.25, 0.3) is 0 Å². The summed E-state index contributed by atoms with van der Waals surface area (Å²) in [7, 11) is 1.57. The van der Waals surface area contributed by atoms with Crippen LogP contribution >= 0.6 is 0 Å². The van der Waals surface area contributed by atoms with Crippen LogP contribution in [-0.2, 0) is 9.53 Å². The van der Waals surface area contributed by atoms with Gasteiger partial charge in [-0.05, 0) is 24.3 Å². The number of carbonyl (C=O) groups excluding carboxylic acids is 2. The summed E-state index contributed by atoms with van der Waals surface area (Å²) in [5.74, 6) is -0.593. The van der Waals surface area contributed by atoms with Crippen LogP contribution in [-0.4, -0.2) is 38.6 Å². The normalized spacial score (nSPS) is 9.83. The van der Waals surface area contributed by atoms with Gasteiger partial charge in [0, 0.05) is 24.9 Å². The largest absolute Gasteiger partial charge is 0.383 e. The van der Waals surface area contributed by atoms with Gasteiger partial charge >= 0.3 is 0 Å². The molecule has 0 atom stereocenters. The molecule has 0 radical (unpaired) electrons. The lowest BCUT2D eigenvalue weighted by atomic mass is 10.2. The minimum absolute atomic E-state index is 0.119. The maximum absolute atomic E-state index is 11.4. The first-order valence-corrected chi connectivity index (χ1v) is 5.53. The van der Waals surface area contributed by atoms with Crippen molar-refractivity contribution >= 4 is 17.5 Å². The van der Waals surface area contributed by atoms with Crippen LogP contribution < -0.4 is 16.4 Å². The molecule has 0 saturated heterocycles. The van der Waals surface area contributed by atoms with E-state index in [1.54, 1.807) is 31.4 Å². The number of ether oxygens (including phenoxy) is 1. The number of methoxy groups -OCH3 is 1. The summed E-state index contributed by atoms with van der Waals surface area (Å²) in [4.78, 5) is 22.2. The van der Waals surface area contributed by atoms with Crippen molar-refractivity contribution in [3.63, 3.8) is 0 Å². The fourth-order valence-corrected chi connectivity index (χ4v) is 1.29. The Morgan fingerprint density at radius 3 is 2.50 bits per heavy atom. The van der Waals surface area contributed by atoms with Crippen molar-refractivity contribution in [2.45, 2.75) is 0 Å². The molecule has 0 heterocycles. The molecule has 0 unspecified atom stereocenters. The number of carbonyl (C=O) groups is 2. The van der Waals surface area contributed by atoms with E-state index in [4.69, 9.17) is 10.5 Å². The van der Waals surface area contributed by atoms with Crippen LogP contribution in [0.25, 0.3) is 0 Å². The highest BCUT2D eigenvalue weighted by molar-refractivity contribution is 5.93. The number of primary amides is 1. The van der Waals surface area contributed by atoms with Crippen molar-refractivity contribution in [1.29, 1.82) is 0 Å². The van der Waals surface area contributed by atoms with Gasteiger partial charge in [-0.2, -0.15) is 0 Å². The molecular formula is C12H17N3O3. The zero-order valence-electron chi connectivity index (χ0n) is 10.2. The van der Waals surface area contributed by atoms with Crippen LogP contribution in [0.3, 0.4) is 0 Å². The van der Waals surface area contributed by atoms with Gasteiger partial charge in [0.05, 0.1) is 13.2 Å². The minimum atomic E-state index is -0.473. The van der Waals surface area contributed by atoms with E-state index in [0.29, 0.717) is 18.7 Å². The summed E-state index contributed by atoms with van der Waals surface area (Å²) in [6.45, 7) is 1.14. The molecule has 1 aromatic carbocycles. The quantitative estimate of drug-likeness (QED) is 0.593. The number of hydrogen-bond donors (Lipinski definition) is 3. The van der Waals surface area contributed by atoms with E-state index in [0.717, 1.165) is 5.69 Å². The number of rotatable bonds is 7. The van der Waals surface area contributed by atoms with Gasteiger partial charge in [-0.1, -0.05) is 0 Å². The third-order valence-electron chi connectivity index (χ3n) is 2.25. The van der Waals surface area contributed by atoms with E-state index in [2.05, 4.69) is 10.6 Å². The maximum Gasteiger partial charge on any atom is 0.248 e. The van der Waals surface area contributed by atoms with E-state index in [1.165, 1.54) is 0 Å². The lowest BCUT2D eigenvalue weighted by Crippen LogP contribution is -2.32. The number of benzene rings is 1. The summed E-state index contributed by atoms with van der Waals surface area (Å²) in [6, 6.07) is 6.60. The molecule has 0 fully saturated rings. The SMILES string of the molecule is COCCNC(=O)CNc1ccc(C(N)=O)cc1. The van der Waals surface area contributed by atoms with Gasteiger partial charge in [-0.3, -0.25) is 9.59 Å². The topological polar surface area (TPSA) is 93.4 Å². The molecule has 98 valence electrons. The Morgan fingerprint density at radius 2 is 1.94 bits per heavy atom. The van der Waals surface area contributed by atoms with Crippen LogP contribution in [0.5, 0.6) is 0 Å². The van der Waals surface area contributed by atoms with Crippen LogP contribution in [0, 0.1) is 0 Å². The highest BCUT2D eigenvalue weighted by Gasteiger charge is 2.02. The molecule has 0 aromatic heterocycles. The van der Waals surface area contributed by atoms with Gasteiger partial charge in [-0.25, -0.2) is 0 Å². The molecular weight excluding hydrogens is 234 g/mol. The molecule has 1 rings (SSSR count). The fourth-order valence-electron chi connectivity index (χ4n) is 1.29. The molecule has 0 bridgehead atoms. The van der Waals surface area contributed by atoms with Crippen LogP contribution in [0.15, 0.2) is 24.3 Å². The molecule has 6 nitrogen and oxygen atoms in total. The molecule has 6 heteroatoms. The molecule has 0 aliphatic rings. The number of anilines is 1. The van der Waals surface area contributed by atoms with E-state index >= 15 is 0 Å². The smallest absolute Gasteiger partial charge is 0.248 e. The fraction of sp³-hybridized carbons (Fsp3) is 0.333. The molecule has 0 aliphatic heterocycles. The highest BCUT2D eigenvalue weighted by Crippen LogP contribution is 2.08. The van der Waals surface area contributed by atoms with Crippen molar-refractivity contribution in [2.24, 2.45) is 5.73 Å². The Kier molecular flexibility index (Phi) is 5.66. The van der Waals surface area contributed by atoms with Gasteiger partial charge < -0.3 is 21.1 Å². The van der Waals surface area contributed by atoms with Gasteiger partial charge in [-0.15, -0.1) is 0 Å². The average molecular weight is 251 g/mol. The van der Waals surface area contributed by atoms with Crippen molar-refractivity contribution in [2.75, 3.05) is 32.1 Å². The molecule has 0 spiro atoms. The third kappa shape index (κ3) is 4.84. The Hall–Kier alpha value is -2.08. The van der Waals surface area contributed by atoms with Crippen molar-refractivity contribution in [3.05, 3.63) is 29.8 Å². The summed E-state index contributed by atoms with van der Waals surface area (Å²) < 4.78 is 4.81. The van der Waals surface area contributed by atoms with Crippen LogP contribution in [0.1, 0.15) is 10.4 Å². The second-order valence-corrected chi connectivity index (χ2v) is 3.64. The van der Waals surface area contributed by atoms with E-state index in [1.807, 2.05) is 0 Å². The zero-order valence-corrected chi connectivity index (χ0v) is 10.2. The summed E-state index contributed by atoms with van der Waals surface area (Å²) in [5.41, 5.74) is 6.31. The molecule has 18 heavy (non-hydrogen) atoms. The van der Waals surface area contributed by atoms with Gasteiger partial charge in [0.15, 0.2) is 0 Å². The number of nitrogens with two attached hydrogens (primary N) is 1. The van der Waals surface area contributed by atoms with Gasteiger partial charge in [0.2, 0.25) is 11.8 Å². The zero-order chi connectivity index (χ0) is 13.4. The molecule has 2 amide bonds. The Labute approximate surface area is 105 Å². The van der Waals surface area contributed by atoms with Crippen molar-refractivity contribution in [1.82, 2.24) is 5.32 Å². The number of nitrogens with one attached hydrogen (secondary N) is 2. The number of amides is 2. The second kappa shape index (κ2) is 7.29. The monoisotopic (exact) mass is 251 g/mol. The summed E-state index contributed by atoms with van der Waals surface area (Å²) >= 11 is 0. The first-order valence-electron chi connectivity index (χ1n) is 5.53. The van der Waals surface area contributed by atoms with Crippen LogP contribution in [0.2, 0.25) is 0 Å². The molecule has 1 aromatic rings. The Morgan fingerprint density at radius 1 is 1.28 bits per heavy atom. The predicted molar refractivity (Wildman–Crippen MR) is 68.3 cm³/mol. The third-order valence-corrected chi connectivity index (χ3v) is 2.25. The number of hydrogen-bond acceptors (Lipinski definition) is 4. The summed E-state index contributed by atoms with van der Waals surface area (Å²) in [5, 5.41) is 5.62. The van der Waals surface area contributed by atoms with Crippen LogP contribution in [0.4, 0.5) is 5.69 Å². The first kappa shape index (κ1) is 14.0. The molecule has 4 N–H and O–H groups in total. The van der Waals surface area contributed by atoms with Crippen molar-refractivity contribution < 1.29 is 14.3 Å². The second-order valence-electron chi connectivity index (χ2n) is 3.64. The standard InChI is InChI=1S/C12H17N3O3/c1-18-7-6-14-11(16)8-15-10-4-2-9(3-5-10)12(13)17/h2-5,15H,6-8H2,1H3,(H2,13,17)(H,14,16). The average Bonchev–Trinajstić information content (AvgIpc) is 2.37. The highest BCUT2D eigenvalue weighted by atomic mass is 16.5. The van der Waals surface area contributed by atoms with E-state index in [9.17, 15) is 9.59 Å². The maximum atomic E-state index is 11.4. The van der Waals surface area contributed by atoms with E-state index in [-0.39, 0.29) is 12.5 Å². The van der Waals surface area contributed by atoms with Crippen molar-refractivity contribution in [3.8, 4) is 0 Å².